The summed E-state index contributed by atoms with van der Waals surface area (Å²) in [5, 5.41) is 7.67. The standard InChI is InChI=1S/C42H64Cl3N3O13/c1-7-8-9-10-11-12-13-14-15-16-20-23-33(51)47-31(37(52)55-25-30-21-18-17-19-22-30)26-56-38-34(48-40(54)57-27-42(43,44)45)36(59-29(3)50)35(58-28(2)49)32(60-38)24-46-39(53)61-41(4,5)6/h17-19,21-22,31-32,34-36,38H,7-16,20,23-27H2,1-6H3,(H,46,53)(H,47,51)(H,48,54)/t31-,32+,34+,35+,36+,38+/m0/s1. The van der Waals surface area contributed by atoms with E-state index < -0.39 is 95.3 Å². The van der Waals surface area contributed by atoms with Gasteiger partial charge in [0.05, 0.1) is 13.2 Å². The van der Waals surface area contributed by atoms with E-state index >= 15 is 0 Å². The fourth-order valence-corrected chi connectivity index (χ4v) is 6.42. The molecule has 19 heteroatoms. The quantitative estimate of drug-likeness (QED) is 0.0377. The molecule has 1 saturated heterocycles. The summed E-state index contributed by atoms with van der Waals surface area (Å²) in [6.45, 7) is 7.56. The number of carbonyl (C=O) groups excluding carboxylic acids is 6. The number of halogens is 3. The first-order valence-corrected chi connectivity index (χ1v) is 22.0. The highest BCUT2D eigenvalue weighted by atomic mass is 35.6. The van der Waals surface area contributed by atoms with Crippen LogP contribution in [0.3, 0.4) is 0 Å². The van der Waals surface area contributed by atoms with Crippen LogP contribution in [-0.2, 0) is 58.9 Å². The highest BCUT2D eigenvalue weighted by Crippen LogP contribution is 2.29. The largest absolute Gasteiger partial charge is 0.459 e. The summed E-state index contributed by atoms with van der Waals surface area (Å²) in [5.41, 5.74) is -0.181. The summed E-state index contributed by atoms with van der Waals surface area (Å²) in [5.74, 6) is -2.95. The zero-order chi connectivity index (χ0) is 45.4. The van der Waals surface area contributed by atoms with E-state index in [4.69, 9.17) is 68.0 Å². The van der Waals surface area contributed by atoms with E-state index in [9.17, 15) is 28.8 Å². The van der Waals surface area contributed by atoms with Gasteiger partial charge in [0.1, 0.15) is 31.0 Å². The Morgan fingerprint density at radius 2 is 1.34 bits per heavy atom. The Hall–Kier alpha value is -3.57. The second kappa shape index (κ2) is 28.2. The van der Waals surface area contributed by atoms with E-state index in [-0.39, 0.29) is 19.6 Å². The van der Waals surface area contributed by atoms with E-state index in [2.05, 4.69) is 22.9 Å². The zero-order valence-electron chi connectivity index (χ0n) is 36.1. The molecule has 0 unspecified atom stereocenters. The molecule has 3 N–H and O–H groups in total. The SMILES string of the molecule is CCCCCCCCCCCCCC(=O)N[C@@H](CO[C@@H]1O[C@H](CNC(=O)OC(C)(C)C)[C@@H](OC(C)=O)[C@H](OC(C)=O)[C@H]1NC(=O)OCC(Cl)(Cl)Cl)C(=O)OCc1ccccc1. The molecule has 1 aromatic rings. The monoisotopic (exact) mass is 923 g/mol. The Morgan fingerprint density at radius 1 is 0.770 bits per heavy atom. The molecule has 0 aromatic heterocycles. The van der Waals surface area contributed by atoms with E-state index in [1.807, 2.05) is 6.07 Å². The summed E-state index contributed by atoms with van der Waals surface area (Å²) >= 11 is 17.3. The molecule has 1 fully saturated rings. The predicted molar refractivity (Wildman–Crippen MR) is 228 cm³/mol. The molecule has 0 radical (unpaired) electrons. The number of ether oxygens (including phenoxy) is 7. The Labute approximate surface area is 374 Å². The van der Waals surface area contributed by atoms with Crippen LogP contribution >= 0.6 is 34.8 Å². The topological polar surface area (TPSA) is 203 Å². The van der Waals surface area contributed by atoms with Gasteiger partial charge in [-0.1, -0.05) is 136 Å². The van der Waals surface area contributed by atoms with Gasteiger partial charge >= 0.3 is 30.1 Å². The van der Waals surface area contributed by atoms with Gasteiger partial charge in [-0.05, 0) is 32.8 Å². The lowest BCUT2D eigenvalue weighted by Gasteiger charge is -2.45. The first-order chi connectivity index (χ1) is 28.8. The number of alkyl halides is 3. The average Bonchev–Trinajstić information content (AvgIpc) is 3.17. The van der Waals surface area contributed by atoms with Crippen LogP contribution in [0.5, 0.6) is 0 Å². The van der Waals surface area contributed by atoms with Gasteiger partial charge in [-0.2, -0.15) is 0 Å². The summed E-state index contributed by atoms with van der Waals surface area (Å²) in [7, 11) is 0. The van der Waals surface area contributed by atoms with Gasteiger partial charge in [0.2, 0.25) is 9.70 Å². The van der Waals surface area contributed by atoms with Crippen LogP contribution < -0.4 is 16.0 Å². The van der Waals surface area contributed by atoms with Crippen molar-refractivity contribution in [1.29, 1.82) is 0 Å². The molecule has 6 atom stereocenters. The molecule has 16 nitrogen and oxygen atoms in total. The van der Waals surface area contributed by atoms with Crippen molar-refractivity contribution < 1.29 is 61.9 Å². The summed E-state index contributed by atoms with van der Waals surface area (Å²) < 4.78 is 37.4. The van der Waals surface area contributed by atoms with Gasteiger partial charge in [0, 0.05) is 20.3 Å². The molecular weight excluding hydrogens is 861 g/mol. The second-order valence-corrected chi connectivity index (χ2v) is 18.3. The molecule has 2 rings (SSSR count). The second-order valence-electron chi connectivity index (χ2n) is 15.8. The van der Waals surface area contributed by atoms with Crippen molar-refractivity contribution in [1.82, 2.24) is 16.0 Å². The minimum atomic E-state index is -2.00. The molecule has 1 aliphatic heterocycles. The van der Waals surface area contributed by atoms with Gasteiger partial charge in [-0.25, -0.2) is 14.4 Å². The number of amides is 3. The fourth-order valence-electron chi connectivity index (χ4n) is 6.26. The van der Waals surface area contributed by atoms with Crippen molar-refractivity contribution >= 4 is 70.8 Å². The normalized spacial score (nSPS) is 19.5. The number of rotatable bonds is 25. The molecule has 0 saturated carbocycles. The van der Waals surface area contributed by atoms with Gasteiger partial charge in [-0.15, -0.1) is 0 Å². The van der Waals surface area contributed by atoms with Crippen LogP contribution in [0.2, 0.25) is 0 Å². The molecular formula is C42H64Cl3N3O13. The van der Waals surface area contributed by atoms with E-state index in [1.165, 1.54) is 38.5 Å². The fraction of sp³-hybridized carbons (Fsp3) is 0.714. The first kappa shape index (κ1) is 53.6. The Bertz CT molecular complexity index is 1510. The predicted octanol–water partition coefficient (Wildman–Crippen LogP) is 7.51. The van der Waals surface area contributed by atoms with Crippen molar-refractivity contribution in [3.8, 4) is 0 Å². The number of hydrogen-bond donors (Lipinski definition) is 3. The third-order valence-corrected chi connectivity index (χ3v) is 9.35. The van der Waals surface area contributed by atoms with E-state index in [1.54, 1.807) is 45.0 Å². The van der Waals surface area contributed by atoms with Crippen LogP contribution in [0.15, 0.2) is 30.3 Å². The molecule has 0 bridgehead atoms. The number of hydrogen-bond acceptors (Lipinski definition) is 13. The minimum absolute atomic E-state index is 0.110. The van der Waals surface area contributed by atoms with Gasteiger partial charge in [0.25, 0.3) is 0 Å². The maximum absolute atomic E-state index is 13.6. The highest BCUT2D eigenvalue weighted by molar-refractivity contribution is 6.67. The number of carbonyl (C=O) groups is 6. The smallest absolute Gasteiger partial charge is 0.407 e. The van der Waals surface area contributed by atoms with Crippen LogP contribution in [0.4, 0.5) is 9.59 Å². The van der Waals surface area contributed by atoms with Crippen molar-refractivity contribution in [3.05, 3.63) is 35.9 Å². The maximum Gasteiger partial charge on any atom is 0.407 e. The lowest BCUT2D eigenvalue weighted by atomic mass is 9.95. The molecule has 1 aliphatic rings. The summed E-state index contributed by atoms with van der Waals surface area (Å²) in [6, 6.07) is 5.98. The van der Waals surface area contributed by atoms with Gasteiger partial charge in [-0.3, -0.25) is 14.4 Å². The Morgan fingerprint density at radius 3 is 1.90 bits per heavy atom. The first-order valence-electron chi connectivity index (χ1n) is 20.9. The van der Waals surface area contributed by atoms with Crippen molar-refractivity contribution in [2.24, 2.45) is 0 Å². The molecule has 1 aromatic carbocycles. The number of esters is 3. The third-order valence-electron chi connectivity index (χ3n) is 9.03. The molecule has 0 aliphatic carbocycles. The van der Waals surface area contributed by atoms with Gasteiger partial charge < -0.3 is 49.1 Å². The van der Waals surface area contributed by atoms with Crippen molar-refractivity contribution in [3.63, 3.8) is 0 Å². The molecule has 61 heavy (non-hydrogen) atoms. The van der Waals surface area contributed by atoms with Gasteiger partial charge in [0.15, 0.2) is 24.5 Å². The molecule has 0 spiro atoms. The highest BCUT2D eigenvalue weighted by Gasteiger charge is 2.52. The Kier molecular flexibility index (Phi) is 24.8. The lowest BCUT2D eigenvalue weighted by Crippen LogP contribution is -2.67. The number of benzene rings is 1. The third kappa shape index (κ3) is 24.0. The molecule has 346 valence electrons. The van der Waals surface area contributed by atoms with E-state index in [0.717, 1.165) is 39.5 Å². The average molecular weight is 925 g/mol. The number of unbranched alkanes of at least 4 members (excludes halogenated alkanes) is 10. The number of nitrogens with one attached hydrogen (secondary N) is 3. The minimum Gasteiger partial charge on any atom is -0.459 e. The van der Waals surface area contributed by atoms with Crippen molar-refractivity contribution in [2.45, 2.75) is 171 Å². The molecule has 1 heterocycles. The van der Waals surface area contributed by atoms with Crippen LogP contribution in [0, 0.1) is 0 Å². The molecule has 3 amide bonds. The maximum atomic E-state index is 13.6. The van der Waals surface area contributed by atoms with Crippen LogP contribution in [0.25, 0.3) is 0 Å². The summed E-state index contributed by atoms with van der Waals surface area (Å²) in [4.78, 5) is 77.5. The lowest BCUT2D eigenvalue weighted by molar-refractivity contribution is -0.271. The van der Waals surface area contributed by atoms with E-state index in [0.29, 0.717) is 12.0 Å². The van der Waals surface area contributed by atoms with Crippen LogP contribution in [0.1, 0.15) is 124 Å². The Balaban J connectivity index is 2.34. The summed E-state index contributed by atoms with van der Waals surface area (Å²) in [6.07, 6.45) is 4.23. The van der Waals surface area contributed by atoms with Crippen LogP contribution in [-0.4, -0.2) is 102 Å². The number of alkyl carbamates (subject to hydrolysis) is 2. The van der Waals surface area contributed by atoms with Crippen molar-refractivity contribution in [2.75, 3.05) is 19.8 Å². The zero-order valence-corrected chi connectivity index (χ0v) is 38.4.